The maximum Gasteiger partial charge on any atom is 0.338 e. The number of esters is 1. The molecule has 0 fully saturated rings. The van der Waals surface area contributed by atoms with Crippen LogP contribution in [0.3, 0.4) is 0 Å². The van der Waals surface area contributed by atoms with Crippen LogP contribution in [0, 0.1) is 0 Å². The molecule has 1 heterocycles. The molecular formula is C20H17NO4. The first-order valence-electron chi connectivity index (χ1n) is 8.21. The second kappa shape index (κ2) is 6.09. The zero-order chi connectivity index (χ0) is 17.4. The number of aryl methyl sites for hydroxylation is 2. The van der Waals surface area contributed by atoms with Crippen molar-refractivity contribution < 1.29 is 13.9 Å². The van der Waals surface area contributed by atoms with E-state index < -0.39 is 11.6 Å². The summed E-state index contributed by atoms with van der Waals surface area (Å²) in [5.74, 6) is -0.456. The van der Waals surface area contributed by atoms with Crippen LogP contribution in [-0.2, 0) is 24.2 Å². The number of anilines is 1. The lowest BCUT2D eigenvalue weighted by Gasteiger charge is -2.09. The lowest BCUT2D eigenvalue weighted by molar-refractivity contribution is 0.0474. The molecule has 1 aromatic heterocycles. The molecule has 126 valence electrons. The predicted octanol–water partition coefficient (Wildman–Crippen LogP) is 3.22. The van der Waals surface area contributed by atoms with Gasteiger partial charge in [-0.15, -0.1) is 0 Å². The van der Waals surface area contributed by atoms with Crippen molar-refractivity contribution in [3.63, 3.8) is 0 Å². The summed E-state index contributed by atoms with van der Waals surface area (Å²) >= 11 is 0. The number of carbonyl (C=O) groups excluding carboxylic acids is 1. The Morgan fingerprint density at radius 2 is 1.80 bits per heavy atom. The molecule has 0 bridgehead atoms. The van der Waals surface area contributed by atoms with E-state index in [-0.39, 0.29) is 6.61 Å². The highest BCUT2D eigenvalue weighted by Crippen LogP contribution is 2.28. The fourth-order valence-corrected chi connectivity index (χ4v) is 3.26. The normalized spacial score (nSPS) is 13.0. The molecule has 5 heteroatoms. The molecule has 0 aliphatic heterocycles. The Morgan fingerprint density at radius 1 is 1.08 bits per heavy atom. The van der Waals surface area contributed by atoms with E-state index in [2.05, 4.69) is 0 Å². The fourth-order valence-electron chi connectivity index (χ4n) is 3.26. The minimum absolute atomic E-state index is 0.0180. The average Bonchev–Trinajstić information content (AvgIpc) is 3.05. The van der Waals surface area contributed by atoms with Crippen molar-refractivity contribution in [2.45, 2.75) is 25.9 Å². The van der Waals surface area contributed by atoms with E-state index in [4.69, 9.17) is 14.9 Å². The minimum Gasteiger partial charge on any atom is -0.457 e. The summed E-state index contributed by atoms with van der Waals surface area (Å²) in [5.41, 5.74) is 9.88. The molecule has 0 spiro atoms. The maximum atomic E-state index is 12.2. The van der Waals surface area contributed by atoms with Crippen LogP contribution in [0.4, 0.5) is 5.69 Å². The molecule has 2 N–H and O–H groups in total. The van der Waals surface area contributed by atoms with Gasteiger partial charge >= 0.3 is 11.6 Å². The van der Waals surface area contributed by atoms with Crippen molar-refractivity contribution in [1.29, 1.82) is 0 Å². The molecule has 5 nitrogen and oxygen atoms in total. The van der Waals surface area contributed by atoms with Crippen LogP contribution in [0.1, 0.15) is 33.5 Å². The first-order valence-corrected chi connectivity index (χ1v) is 8.21. The van der Waals surface area contributed by atoms with Gasteiger partial charge in [0.2, 0.25) is 0 Å². The highest BCUT2D eigenvalue weighted by molar-refractivity contribution is 5.90. The zero-order valence-corrected chi connectivity index (χ0v) is 13.6. The molecule has 0 unspecified atom stereocenters. The molecule has 0 saturated heterocycles. The van der Waals surface area contributed by atoms with Gasteiger partial charge in [0.1, 0.15) is 12.2 Å². The van der Waals surface area contributed by atoms with Crippen molar-refractivity contribution >= 4 is 22.6 Å². The van der Waals surface area contributed by atoms with Crippen LogP contribution in [0.25, 0.3) is 11.0 Å². The summed E-state index contributed by atoms with van der Waals surface area (Å²) in [6.07, 6.45) is 3.14. The molecule has 0 atom stereocenters. The van der Waals surface area contributed by atoms with E-state index in [0.29, 0.717) is 22.4 Å². The number of fused-ring (bicyclic) bond motifs is 2. The van der Waals surface area contributed by atoms with E-state index >= 15 is 0 Å². The van der Waals surface area contributed by atoms with Gasteiger partial charge in [-0.25, -0.2) is 9.59 Å². The predicted molar refractivity (Wildman–Crippen MR) is 94.5 cm³/mol. The number of nitrogen functional groups attached to an aromatic ring is 1. The largest absolute Gasteiger partial charge is 0.457 e. The van der Waals surface area contributed by atoms with E-state index in [1.165, 1.54) is 17.2 Å². The molecule has 4 rings (SSSR count). The number of hydrogen-bond donors (Lipinski definition) is 1. The van der Waals surface area contributed by atoms with E-state index in [9.17, 15) is 9.59 Å². The topological polar surface area (TPSA) is 82.5 Å². The highest BCUT2D eigenvalue weighted by atomic mass is 16.5. The number of rotatable bonds is 3. The Morgan fingerprint density at radius 3 is 2.56 bits per heavy atom. The zero-order valence-electron chi connectivity index (χ0n) is 13.6. The van der Waals surface area contributed by atoms with E-state index in [1.54, 1.807) is 24.3 Å². The van der Waals surface area contributed by atoms with E-state index in [1.807, 2.05) is 12.1 Å². The van der Waals surface area contributed by atoms with Gasteiger partial charge in [-0.1, -0.05) is 0 Å². The molecule has 2 aromatic carbocycles. The highest BCUT2D eigenvalue weighted by Gasteiger charge is 2.16. The van der Waals surface area contributed by atoms with Crippen molar-refractivity contribution in [2.75, 3.05) is 5.73 Å². The quantitative estimate of drug-likeness (QED) is 0.451. The summed E-state index contributed by atoms with van der Waals surface area (Å²) in [4.78, 5) is 24.0. The Hall–Kier alpha value is -3.08. The molecule has 0 radical (unpaired) electrons. The lowest BCUT2D eigenvalue weighted by Crippen LogP contribution is -2.08. The molecule has 0 saturated carbocycles. The van der Waals surface area contributed by atoms with Gasteiger partial charge in [-0.05, 0) is 66.8 Å². The second-order valence-corrected chi connectivity index (χ2v) is 6.26. The van der Waals surface area contributed by atoms with Crippen LogP contribution in [-0.4, -0.2) is 5.97 Å². The standard InChI is InChI=1S/C20H17NO4/c21-16-6-4-12(5-7-16)20(23)24-11-15-10-19(22)25-18-9-14-3-1-2-13(14)8-17(15)18/h4-10H,1-3,11,21H2. The first kappa shape index (κ1) is 15.4. The van der Waals surface area contributed by atoms with Crippen molar-refractivity contribution in [3.8, 4) is 0 Å². The lowest BCUT2D eigenvalue weighted by atomic mass is 10.0. The average molecular weight is 335 g/mol. The Labute approximate surface area is 144 Å². The number of nitrogens with two attached hydrogens (primary N) is 1. The Bertz CT molecular complexity index is 1020. The summed E-state index contributed by atoms with van der Waals surface area (Å²) in [5, 5.41) is 0.824. The fraction of sp³-hybridized carbons (Fsp3) is 0.200. The summed E-state index contributed by atoms with van der Waals surface area (Å²) in [7, 11) is 0. The van der Waals surface area contributed by atoms with Crippen LogP contribution in [0.15, 0.2) is 51.7 Å². The van der Waals surface area contributed by atoms with Crippen LogP contribution >= 0.6 is 0 Å². The van der Waals surface area contributed by atoms with Crippen molar-refractivity contribution in [1.82, 2.24) is 0 Å². The number of hydrogen-bond acceptors (Lipinski definition) is 5. The Balaban J connectivity index is 1.63. The number of ether oxygens (including phenoxy) is 1. The van der Waals surface area contributed by atoms with Gasteiger partial charge in [-0.3, -0.25) is 0 Å². The SMILES string of the molecule is Nc1ccc(C(=O)OCc2cc(=O)oc3cc4c(cc23)CCC4)cc1. The third kappa shape index (κ3) is 3.01. The van der Waals surface area contributed by atoms with Gasteiger partial charge in [0.25, 0.3) is 0 Å². The first-order chi connectivity index (χ1) is 12.1. The summed E-state index contributed by atoms with van der Waals surface area (Å²) in [6.45, 7) is 0.0180. The van der Waals surface area contributed by atoms with Crippen molar-refractivity contribution in [3.05, 3.63) is 75.1 Å². The van der Waals surface area contributed by atoms with Crippen molar-refractivity contribution in [2.24, 2.45) is 0 Å². The van der Waals surface area contributed by atoms with Crippen LogP contribution < -0.4 is 11.4 Å². The number of carbonyl (C=O) groups is 1. The third-order valence-corrected chi connectivity index (χ3v) is 4.55. The Kier molecular flexibility index (Phi) is 3.76. The third-order valence-electron chi connectivity index (χ3n) is 4.55. The van der Waals surface area contributed by atoms with Crippen LogP contribution in [0.5, 0.6) is 0 Å². The maximum absolute atomic E-state index is 12.2. The van der Waals surface area contributed by atoms with Gasteiger partial charge in [0.15, 0.2) is 0 Å². The molecule has 1 aliphatic rings. The molecule has 0 amide bonds. The van der Waals surface area contributed by atoms with Gasteiger partial charge < -0.3 is 14.9 Å². The molecule has 3 aromatic rings. The van der Waals surface area contributed by atoms with Gasteiger partial charge in [-0.2, -0.15) is 0 Å². The summed E-state index contributed by atoms with van der Waals surface area (Å²) in [6, 6.07) is 11.9. The molecular weight excluding hydrogens is 318 g/mol. The van der Waals surface area contributed by atoms with Crippen LogP contribution in [0.2, 0.25) is 0 Å². The van der Waals surface area contributed by atoms with E-state index in [0.717, 1.165) is 24.6 Å². The molecule has 25 heavy (non-hydrogen) atoms. The smallest absolute Gasteiger partial charge is 0.338 e. The number of benzene rings is 2. The second-order valence-electron chi connectivity index (χ2n) is 6.26. The minimum atomic E-state index is -0.456. The van der Waals surface area contributed by atoms with Gasteiger partial charge in [0, 0.05) is 22.7 Å². The van der Waals surface area contributed by atoms with Gasteiger partial charge in [0.05, 0.1) is 5.56 Å². The molecule has 1 aliphatic carbocycles. The summed E-state index contributed by atoms with van der Waals surface area (Å²) < 4.78 is 10.7. The monoisotopic (exact) mass is 335 g/mol.